The molecule has 1 heterocycles. The second-order valence-electron chi connectivity index (χ2n) is 7.38. The summed E-state index contributed by atoms with van der Waals surface area (Å²) >= 11 is 12.7. The highest BCUT2D eigenvalue weighted by atomic mass is 35.5. The molecule has 0 aromatic heterocycles. The molecule has 3 rings (SSSR count). The molecule has 2 atom stereocenters. The topological polar surface area (TPSA) is 21.7 Å². The van der Waals surface area contributed by atoms with E-state index >= 15 is 0 Å². The fourth-order valence-corrected chi connectivity index (χ4v) is 4.02. The third kappa shape index (κ3) is 5.64. The smallest absolute Gasteiger partial charge is 0.0791 e. The summed E-state index contributed by atoms with van der Waals surface area (Å²) in [6, 6.07) is 14.3. The maximum atomic E-state index is 6.59. The normalized spacial score (nSPS) is 19.8. The lowest BCUT2D eigenvalue weighted by atomic mass is 10.0. The molecule has 0 radical (unpaired) electrons. The molecule has 2 unspecified atom stereocenters. The van der Waals surface area contributed by atoms with E-state index in [1.807, 2.05) is 18.2 Å². The Morgan fingerprint density at radius 1 is 1.11 bits per heavy atom. The highest BCUT2D eigenvalue weighted by Crippen LogP contribution is 2.36. The lowest BCUT2D eigenvalue weighted by molar-refractivity contribution is -0.00454. The summed E-state index contributed by atoms with van der Waals surface area (Å²) in [5.41, 5.74) is 3.39. The number of benzene rings is 2. The maximum Gasteiger partial charge on any atom is 0.0791 e. The van der Waals surface area contributed by atoms with Gasteiger partial charge in [-0.25, -0.2) is 0 Å². The first-order valence-corrected chi connectivity index (χ1v) is 10.8. The van der Waals surface area contributed by atoms with Crippen LogP contribution in [0.4, 0.5) is 5.69 Å². The minimum Gasteiger partial charge on any atom is -0.381 e. The van der Waals surface area contributed by atoms with Crippen molar-refractivity contribution in [3.63, 3.8) is 0 Å². The van der Waals surface area contributed by atoms with Crippen molar-refractivity contribution in [2.75, 3.05) is 31.3 Å². The van der Waals surface area contributed by atoms with Gasteiger partial charge in [0.2, 0.25) is 0 Å². The van der Waals surface area contributed by atoms with Crippen LogP contribution in [0.15, 0.2) is 42.5 Å². The third-order valence-electron chi connectivity index (χ3n) is 5.17. The van der Waals surface area contributed by atoms with Crippen LogP contribution in [0.1, 0.15) is 43.4 Å². The predicted molar refractivity (Wildman–Crippen MR) is 118 cm³/mol. The second-order valence-corrected chi connectivity index (χ2v) is 8.22. The molecule has 1 fully saturated rings. The highest BCUT2D eigenvalue weighted by molar-refractivity contribution is 6.31. The van der Waals surface area contributed by atoms with Crippen LogP contribution in [0.2, 0.25) is 10.0 Å². The molecule has 0 bridgehead atoms. The fourth-order valence-electron chi connectivity index (χ4n) is 3.53. The van der Waals surface area contributed by atoms with Crippen LogP contribution >= 0.6 is 23.2 Å². The first kappa shape index (κ1) is 21.4. The van der Waals surface area contributed by atoms with E-state index in [-0.39, 0.29) is 12.1 Å². The minimum absolute atomic E-state index is 0.0755. The van der Waals surface area contributed by atoms with Gasteiger partial charge in [-0.05, 0) is 61.2 Å². The summed E-state index contributed by atoms with van der Waals surface area (Å²) in [6.45, 7) is 7.19. The van der Waals surface area contributed by atoms with Crippen LogP contribution in [-0.4, -0.2) is 32.5 Å². The molecule has 152 valence electrons. The Balaban J connectivity index is 1.75. The van der Waals surface area contributed by atoms with Crippen molar-refractivity contribution in [2.45, 2.75) is 45.3 Å². The zero-order valence-electron chi connectivity index (χ0n) is 16.7. The quantitative estimate of drug-likeness (QED) is 0.456. The van der Waals surface area contributed by atoms with Crippen molar-refractivity contribution in [3.8, 4) is 0 Å². The Morgan fingerprint density at radius 2 is 1.89 bits per heavy atom. The van der Waals surface area contributed by atoms with Crippen molar-refractivity contribution in [1.82, 2.24) is 0 Å². The van der Waals surface area contributed by atoms with Crippen LogP contribution in [0, 0.1) is 6.92 Å². The van der Waals surface area contributed by atoms with Gasteiger partial charge in [0.15, 0.2) is 0 Å². The number of hydrogen-bond acceptors (Lipinski definition) is 3. The van der Waals surface area contributed by atoms with E-state index in [1.165, 1.54) is 0 Å². The van der Waals surface area contributed by atoms with E-state index in [0.717, 1.165) is 65.9 Å². The summed E-state index contributed by atoms with van der Waals surface area (Å²) in [5, 5.41) is 1.52. The van der Waals surface area contributed by atoms with E-state index in [9.17, 15) is 0 Å². The number of aryl methyl sites for hydroxylation is 1. The molecule has 0 saturated carbocycles. The summed E-state index contributed by atoms with van der Waals surface area (Å²) < 4.78 is 11.9. The van der Waals surface area contributed by atoms with Crippen LogP contribution in [0.3, 0.4) is 0 Å². The molecule has 28 heavy (non-hydrogen) atoms. The molecule has 3 nitrogen and oxygen atoms in total. The van der Waals surface area contributed by atoms with Gasteiger partial charge >= 0.3 is 0 Å². The summed E-state index contributed by atoms with van der Waals surface area (Å²) in [5.74, 6) is 0. The van der Waals surface area contributed by atoms with Crippen molar-refractivity contribution in [2.24, 2.45) is 0 Å². The lowest BCUT2D eigenvalue weighted by Crippen LogP contribution is -2.45. The minimum atomic E-state index is 0.0755. The number of halogens is 2. The number of anilines is 1. The fraction of sp³-hybridized carbons (Fsp3) is 0.478. The molecule has 5 heteroatoms. The first-order chi connectivity index (χ1) is 13.6. The number of nitrogens with zero attached hydrogens (tertiary/aromatic N) is 1. The molecular formula is C23H29Cl2NO2. The molecule has 1 saturated heterocycles. The van der Waals surface area contributed by atoms with Gasteiger partial charge in [0, 0.05) is 35.5 Å². The number of ether oxygens (including phenoxy) is 2. The van der Waals surface area contributed by atoms with Gasteiger partial charge in [-0.15, -0.1) is 0 Å². The molecule has 0 amide bonds. The van der Waals surface area contributed by atoms with Gasteiger partial charge in [0.05, 0.1) is 18.8 Å². The van der Waals surface area contributed by atoms with Crippen molar-refractivity contribution in [3.05, 3.63) is 63.6 Å². The molecule has 0 N–H and O–H groups in total. The number of hydrogen-bond donors (Lipinski definition) is 0. The van der Waals surface area contributed by atoms with Gasteiger partial charge in [-0.2, -0.15) is 0 Å². The zero-order valence-corrected chi connectivity index (χ0v) is 18.2. The molecular weight excluding hydrogens is 393 g/mol. The Bertz CT molecular complexity index is 751. The standard InChI is InChI=1S/C23H29Cl2NO2/c1-3-4-12-27-13-11-20-15-26(19-8-6-18(24)7-9-19)23(16-28-20)21-10-5-17(2)14-22(21)25/h5-10,14,20,23H,3-4,11-13,15-16H2,1-2H3. The Morgan fingerprint density at radius 3 is 2.61 bits per heavy atom. The molecule has 0 spiro atoms. The molecule has 2 aromatic carbocycles. The third-order valence-corrected chi connectivity index (χ3v) is 5.75. The van der Waals surface area contributed by atoms with Gasteiger partial charge in [-0.1, -0.05) is 48.7 Å². The molecule has 2 aromatic rings. The molecule has 1 aliphatic rings. The van der Waals surface area contributed by atoms with Crippen LogP contribution in [-0.2, 0) is 9.47 Å². The van der Waals surface area contributed by atoms with Crippen molar-refractivity contribution in [1.29, 1.82) is 0 Å². The highest BCUT2D eigenvalue weighted by Gasteiger charge is 2.31. The lowest BCUT2D eigenvalue weighted by Gasteiger charge is -2.42. The van der Waals surface area contributed by atoms with Gasteiger partial charge in [0.25, 0.3) is 0 Å². The second kappa shape index (κ2) is 10.5. The SMILES string of the molecule is CCCCOCCC1CN(c2ccc(Cl)cc2)C(c2ccc(C)cc2Cl)CO1. The zero-order chi connectivity index (χ0) is 19.9. The molecule has 0 aliphatic carbocycles. The Kier molecular flexibility index (Phi) is 8.04. The number of morpholine rings is 1. The van der Waals surface area contributed by atoms with Crippen molar-refractivity contribution < 1.29 is 9.47 Å². The van der Waals surface area contributed by atoms with E-state index in [0.29, 0.717) is 6.61 Å². The summed E-state index contributed by atoms with van der Waals surface area (Å²) in [4.78, 5) is 2.38. The predicted octanol–water partition coefficient (Wildman–Crippen LogP) is 6.46. The van der Waals surface area contributed by atoms with Gasteiger partial charge < -0.3 is 14.4 Å². The van der Waals surface area contributed by atoms with Crippen LogP contribution in [0.25, 0.3) is 0 Å². The van der Waals surface area contributed by atoms with E-state index < -0.39 is 0 Å². The average Bonchev–Trinajstić information content (AvgIpc) is 2.69. The largest absolute Gasteiger partial charge is 0.381 e. The van der Waals surface area contributed by atoms with E-state index in [2.05, 4.69) is 43.0 Å². The summed E-state index contributed by atoms with van der Waals surface area (Å²) in [7, 11) is 0. The van der Waals surface area contributed by atoms with E-state index in [4.69, 9.17) is 32.7 Å². The monoisotopic (exact) mass is 421 g/mol. The maximum absolute atomic E-state index is 6.59. The summed E-state index contributed by atoms with van der Waals surface area (Å²) in [6.07, 6.45) is 3.29. The van der Waals surface area contributed by atoms with Crippen molar-refractivity contribution >= 4 is 28.9 Å². The number of rotatable bonds is 8. The molecule has 1 aliphatic heterocycles. The van der Waals surface area contributed by atoms with Crippen LogP contribution in [0.5, 0.6) is 0 Å². The van der Waals surface area contributed by atoms with Crippen LogP contribution < -0.4 is 4.90 Å². The Labute approximate surface area is 178 Å². The van der Waals surface area contributed by atoms with Gasteiger partial charge in [0.1, 0.15) is 0 Å². The first-order valence-electron chi connectivity index (χ1n) is 10.1. The van der Waals surface area contributed by atoms with E-state index in [1.54, 1.807) is 0 Å². The average molecular weight is 422 g/mol. The van der Waals surface area contributed by atoms with Gasteiger partial charge in [-0.3, -0.25) is 0 Å². The Hall–Kier alpha value is -1.26. The number of unbranched alkanes of at least 4 members (excludes halogenated alkanes) is 1.